The number of pyridine rings is 1. The summed E-state index contributed by atoms with van der Waals surface area (Å²) in [6.45, 7) is 6.89. The van der Waals surface area contributed by atoms with E-state index in [1.807, 2.05) is 20.8 Å². The predicted octanol–water partition coefficient (Wildman–Crippen LogP) is 3.32. The molecule has 2 heterocycles. The van der Waals surface area contributed by atoms with Gasteiger partial charge in [-0.1, -0.05) is 23.4 Å². The fraction of sp³-hybridized carbons (Fsp3) is 0.529. The summed E-state index contributed by atoms with van der Waals surface area (Å²) in [5.41, 5.74) is 5.89. The molecular formula is C17H22ClN3O2. The third-order valence-electron chi connectivity index (χ3n) is 3.48. The van der Waals surface area contributed by atoms with E-state index in [2.05, 4.69) is 16.8 Å². The molecule has 0 radical (unpaired) electrons. The van der Waals surface area contributed by atoms with Crippen molar-refractivity contribution in [2.24, 2.45) is 5.92 Å². The van der Waals surface area contributed by atoms with Crippen LogP contribution in [0.5, 0.6) is 0 Å². The second-order valence-electron chi connectivity index (χ2n) is 6.56. The fourth-order valence-corrected chi connectivity index (χ4v) is 2.48. The van der Waals surface area contributed by atoms with Crippen LogP contribution < -0.4 is 5.73 Å². The molecule has 1 aromatic heterocycles. The summed E-state index contributed by atoms with van der Waals surface area (Å²) >= 11 is 6.08. The van der Waals surface area contributed by atoms with Crippen LogP contribution in [0.3, 0.4) is 0 Å². The number of carbonyl (C=O) groups is 1. The van der Waals surface area contributed by atoms with Crippen LogP contribution in [0.1, 0.15) is 39.2 Å². The molecule has 1 saturated heterocycles. The summed E-state index contributed by atoms with van der Waals surface area (Å²) in [6, 6.07) is 1.67. The molecule has 1 fully saturated rings. The van der Waals surface area contributed by atoms with Crippen LogP contribution in [-0.4, -0.2) is 34.7 Å². The van der Waals surface area contributed by atoms with Gasteiger partial charge in [0.05, 0.1) is 10.6 Å². The normalized spacial score (nSPS) is 15.7. The lowest BCUT2D eigenvalue weighted by Gasteiger charge is -2.31. The van der Waals surface area contributed by atoms with Gasteiger partial charge in [0.15, 0.2) is 0 Å². The number of rotatable bonds is 0. The number of halogens is 1. The number of nitrogens with two attached hydrogens (primary N) is 1. The van der Waals surface area contributed by atoms with Crippen molar-refractivity contribution >= 4 is 23.5 Å². The highest BCUT2D eigenvalue weighted by atomic mass is 35.5. The molecule has 1 amide bonds. The number of likely N-dealkylation sites (tertiary alicyclic amines) is 1. The monoisotopic (exact) mass is 335 g/mol. The van der Waals surface area contributed by atoms with Gasteiger partial charge in [0, 0.05) is 25.2 Å². The summed E-state index contributed by atoms with van der Waals surface area (Å²) in [4.78, 5) is 17.7. The van der Waals surface area contributed by atoms with Gasteiger partial charge in [-0.25, -0.2) is 9.78 Å². The molecule has 1 aromatic rings. The SMILES string of the molecule is CC(C)(C)OC(=O)N1CCC(C#Cc2c(Cl)ccnc2N)CC1. The fourth-order valence-electron chi connectivity index (χ4n) is 2.28. The van der Waals surface area contributed by atoms with Gasteiger partial charge < -0.3 is 15.4 Å². The molecule has 124 valence electrons. The Labute approximate surface area is 142 Å². The molecule has 0 unspecified atom stereocenters. The highest BCUT2D eigenvalue weighted by molar-refractivity contribution is 6.32. The van der Waals surface area contributed by atoms with Gasteiger partial charge in [-0.15, -0.1) is 0 Å². The number of piperidine rings is 1. The summed E-state index contributed by atoms with van der Waals surface area (Å²) in [5, 5.41) is 0.510. The van der Waals surface area contributed by atoms with Crippen LogP contribution >= 0.6 is 11.6 Å². The Balaban J connectivity index is 1.93. The van der Waals surface area contributed by atoms with E-state index in [1.54, 1.807) is 17.2 Å². The van der Waals surface area contributed by atoms with Gasteiger partial charge in [-0.2, -0.15) is 0 Å². The first kappa shape index (κ1) is 17.4. The van der Waals surface area contributed by atoms with Crippen molar-refractivity contribution < 1.29 is 9.53 Å². The quantitative estimate of drug-likeness (QED) is 0.738. The third kappa shape index (κ3) is 5.04. The van der Waals surface area contributed by atoms with E-state index in [4.69, 9.17) is 22.1 Å². The lowest BCUT2D eigenvalue weighted by Crippen LogP contribution is -2.41. The van der Waals surface area contributed by atoms with Crippen molar-refractivity contribution in [1.29, 1.82) is 0 Å². The molecule has 2 N–H and O–H groups in total. The van der Waals surface area contributed by atoms with E-state index in [0.29, 0.717) is 29.5 Å². The number of nitrogens with zero attached hydrogens (tertiary/aromatic N) is 2. The van der Waals surface area contributed by atoms with Gasteiger partial charge >= 0.3 is 6.09 Å². The number of carbonyl (C=O) groups excluding carboxylic acids is 1. The van der Waals surface area contributed by atoms with Crippen molar-refractivity contribution in [3.05, 3.63) is 22.8 Å². The second-order valence-corrected chi connectivity index (χ2v) is 6.97. The largest absolute Gasteiger partial charge is 0.444 e. The minimum atomic E-state index is -0.470. The first-order chi connectivity index (χ1) is 10.8. The molecule has 6 heteroatoms. The zero-order valence-electron chi connectivity index (χ0n) is 13.7. The van der Waals surface area contributed by atoms with E-state index in [1.165, 1.54) is 0 Å². The number of amides is 1. The molecule has 0 bridgehead atoms. The Morgan fingerprint density at radius 3 is 2.65 bits per heavy atom. The lowest BCUT2D eigenvalue weighted by atomic mass is 9.97. The highest BCUT2D eigenvalue weighted by Crippen LogP contribution is 2.21. The van der Waals surface area contributed by atoms with Crippen LogP contribution in [0.25, 0.3) is 0 Å². The van der Waals surface area contributed by atoms with Gasteiger partial charge in [0.1, 0.15) is 11.4 Å². The zero-order chi connectivity index (χ0) is 17.0. The van der Waals surface area contributed by atoms with Gasteiger partial charge in [0.2, 0.25) is 0 Å². The molecular weight excluding hydrogens is 314 g/mol. The average molecular weight is 336 g/mol. The van der Waals surface area contributed by atoms with E-state index >= 15 is 0 Å². The molecule has 1 aliphatic heterocycles. The van der Waals surface area contributed by atoms with E-state index < -0.39 is 5.60 Å². The molecule has 0 saturated carbocycles. The third-order valence-corrected chi connectivity index (χ3v) is 3.79. The van der Waals surface area contributed by atoms with E-state index in [0.717, 1.165) is 12.8 Å². The Morgan fingerprint density at radius 2 is 2.09 bits per heavy atom. The van der Waals surface area contributed by atoms with E-state index in [-0.39, 0.29) is 12.0 Å². The Kier molecular flexibility index (Phi) is 5.38. The number of anilines is 1. The first-order valence-corrected chi connectivity index (χ1v) is 8.03. The Hall–Kier alpha value is -1.93. The highest BCUT2D eigenvalue weighted by Gasteiger charge is 2.26. The lowest BCUT2D eigenvalue weighted by molar-refractivity contribution is 0.0199. The maximum absolute atomic E-state index is 12.0. The van der Waals surface area contributed by atoms with Gasteiger partial charge in [-0.3, -0.25) is 0 Å². The Morgan fingerprint density at radius 1 is 1.43 bits per heavy atom. The van der Waals surface area contributed by atoms with Crippen molar-refractivity contribution in [2.75, 3.05) is 18.8 Å². The smallest absolute Gasteiger partial charge is 0.410 e. The first-order valence-electron chi connectivity index (χ1n) is 7.66. The standard InChI is InChI=1S/C17H22ClN3O2/c1-17(2,3)23-16(22)21-10-7-12(8-11-21)4-5-13-14(18)6-9-20-15(13)19/h6,9,12H,7-8,10-11H2,1-3H3,(H2,19,20). The van der Waals surface area contributed by atoms with E-state index in [9.17, 15) is 4.79 Å². The number of nitrogen functional groups attached to an aromatic ring is 1. The molecule has 2 rings (SSSR count). The van der Waals surface area contributed by atoms with Crippen molar-refractivity contribution in [3.63, 3.8) is 0 Å². The van der Waals surface area contributed by atoms with Crippen LogP contribution in [0.4, 0.5) is 10.6 Å². The number of hydrogen-bond donors (Lipinski definition) is 1. The molecule has 1 aliphatic rings. The summed E-state index contributed by atoms with van der Waals surface area (Å²) in [5.74, 6) is 6.78. The predicted molar refractivity (Wildman–Crippen MR) is 91.1 cm³/mol. The van der Waals surface area contributed by atoms with Gasteiger partial charge in [0.25, 0.3) is 0 Å². The minimum Gasteiger partial charge on any atom is -0.444 e. The van der Waals surface area contributed by atoms with Crippen molar-refractivity contribution in [3.8, 4) is 11.8 Å². The number of hydrogen-bond acceptors (Lipinski definition) is 4. The zero-order valence-corrected chi connectivity index (χ0v) is 14.5. The molecule has 5 nitrogen and oxygen atoms in total. The van der Waals surface area contributed by atoms with Crippen molar-refractivity contribution in [2.45, 2.75) is 39.2 Å². The second kappa shape index (κ2) is 7.10. The molecule has 0 aromatic carbocycles. The minimum absolute atomic E-state index is 0.212. The topological polar surface area (TPSA) is 68.5 Å². The molecule has 0 spiro atoms. The number of ether oxygens (including phenoxy) is 1. The summed E-state index contributed by atoms with van der Waals surface area (Å²) in [6.07, 6.45) is 2.92. The van der Waals surface area contributed by atoms with Crippen LogP contribution in [0.15, 0.2) is 12.3 Å². The maximum atomic E-state index is 12.0. The average Bonchev–Trinajstić information content (AvgIpc) is 2.45. The summed E-state index contributed by atoms with van der Waals surface area (Å²) in [7, 11) is 0. The van der Waals surface area contributed by atoms with Crippen LogP contribution in [0, 0.1) is 17.8 Å². The van der Waals surface area contributed by atoms with Crippen molar-refractivity contribution in [1.82, 2.24) is 9.88 Å². The molecule has 0 atom stereocenters. The maximum Gasteiger partial charge on any atom is 0.410 e. The molecule has 0 aliphatic carbocycles. The number of aromatic nitrogens is 1. The van der Waals surface area contributed by atoms with Gasteiger partial charge in [-0.05, 0) is 39.7 Å². The Bertz CT molecular complexity index is 615. The van der Waals surface area contributed by atoms with Crippen LogP contribution in [0.2, 0.25) is 5.02 Å². The molecule has 23 heavy (non-hydrogen) atoms. The van der Waals surface area contributed by atoms with Crippen LogP contribution in [-0.2, 0) is 4.74 Å². The summed E-state index contributed by atoms with van der Waals surface area (Å²) < 4.78 is 5.38.